The van der Waals surface area contributed by atoms with E-state index < -0.39 is 71.9 Å². The molecule has 2 rings (SSSR count). The van der Waals surface area contributed by atoms with Gasteiger partial charge < -0.3 is 32.3 Å². The number of nitrogens with two attached hydrogens (primary N) is 1. The molecule has 2 unspecified atom stereocenters. The van der Waals surface area contributed by atoms with Gasteiger partial charge in [0.05, 0.1) is 18.8 Å². The number of rotatable bonds is 19. The van der Waals surface area contributed by atoms with Crippen molar-refractivity contribution in [2.75, 3.05) is 6.54 Å². The van der Waals surface area contributed by atoms with Gasteiger partial charge in [0.15, 0.2) is 0 Å². The lowest BCUT2D eigenvalue weighted by molar-refractivity contribution is -0.141. The molecule has 1 aromatic rings. The molecule has 48 heavy (non-hydrogen) atoms. The summed E-state index contributed by atoms with van der Waals surface area (Å²) >= 11 is 0. The Balaban J connectivity index is 2.27. The Hall–Kier alpha value is -4.43. The molecule has 1 aromatic heterocycles. The molecule has 1 fully saturated rings. The lowest BCUT2D eigenvalue weighted by atomic mass is 9.84. The third-order valence-electron chi connectivity index (χ3n) is 8.53. The first-order chi connectivity index (χ1) is 22.8. The normalized spacial score (nSPS) is 16.4. The second-order valence-corrected chi connectivity index (χ2v) is 12.9. The molecule has 0 aromatic carbocycles. The van der Waals surface area contributed by atoms with Crippen molar-refractivity contribution >= 4 is 41.2 Å². The maximum Gasteiger partial charge on any atom is 0.290 e. The molecule has 0 radical (unpaired) electrons. The van der Waals surface area contributed by atoms with E-state index in [-0.39, 0.29) is 29.9 Å². The maximum absolute atomic E-state index is 13.9. The Kier molecular flexibility index (Phi) is 16.6. The van der Waals surface area contributed by atoms with E-state index in [1.165, 1.54) is 18.6 Å². The summed E-state index contributed by atoms with van der Waals surface area (Å²) in [6.45, 7) is 8.55. The molecule has 1 aliphatic rings. The highest BCUT2D eigenvalue weighted by atomic mass is 16.2. The third-order valence-corrected chi connectivity index (χ3v) is 8.53. The predicted molar refractivity (Wildman–Crippen MR) is 177 cm³/mol. The average molecular weight is 673 g/mol. The van der Waals surface area contributed by atoms with Gasteiger partial charge in [-0.05, 0) is 37.0 Å². The van der Waals surface area contributed by atoms with Crippen LogP contribution < -0.4 is 32.3 Å². The van der Waals surface area contributed by atoms with Gasteiger partial charge in [0.25, 0.3) is 11.8 Å². The number of carbonyl (C=O) groups excluding carboxylic acids is 7. The minimum atomic E-state index is -1.20. The maximum atomic E-state index is 13.9. The molecule has 1 heterocycles. The standard InChI is InChI=1S/C33H52N8O7/c1-6-20(5)27(41-30(45)23(15-19(3)4)39-31(46)25-17-35-13-14-36-25)32(47)40-24(16-21-11-9-8-10-12-21)29(44)38-22(7-2)28(43)33(48)37-18-26(34)42/h13-14,17,19-24,27H,6-12,15-16,18H2,1-5H3,(H2,34,42)(H,37,48)(H,38,44)(H,39,46)(H,40,47)(H,41,45)/t20?,22?,23-,24-,27-/m0/s1. The SMILES string of the molecule is CCC(NC(=O)[C@H](CC1CCCCC1)NC(=O)[C@@H](NC(=O)[C@H](CC(C)C)NC(=O)c1cnccn1)C(C)CC)C(=O)C(=O)NCC(N)=O. The van der Waals surface area contributed by atoms with Crippen molar-refractivity contribution in [2.24, 2.45) is 23.5 Å². The number of aromatic nitrogens is 2. The Morgan fingerprint density at radius 2 is 1.46 bits per heavy atom. The number of Topliss-reactive ketones (excluding diaryl/α,β-unsaturated/α-hetero) is 1. The summed E-state index contributed by atoms with van der Waals surface area (Å²) in [4.78, 5) is 98.0. The van der Waals surface area contributed by atoms with Crippen molar-refractivity contribution in [2.45, 2.75) is 117 Å². The van der Waals surface area contributed by atoms with E-state index in [4.69, 9.17) is 5.73 Å². The molecule has 0 spiro atoms. The average Bonchev–Trinajstić information content (AvgIpc) is 3.07. The summed E-state index contributed by atoms with van der Waals surface area (Å²) in [5, 5.41) is 13.1. The van der Waals surface area contributed by atoms with E-state index in [2.05, 4.69) is 36.6 Å². The fourth-order valence-electron chi connectivity index (χ4n) is 5.59. The van der Waals surface area contributed by atoms with Gasteiger partial charge in [0, 0.05) is 12.4 Å². The molecular formula is C33H52N8O7. The van der Waals surface area contributed by atoms with E-state index in [9.17, 15) is 33.6 Å². The number of nitrogens with one attached hydrogen (secondary N) is 5. The van der Waals surface area contributed by atoms with Crippen LogP contribution in [0.2, 0.25) is 0 Å². The van der Waals surface area contributed by atoms with Gasteiger partial charge >= 0.3 is 0 Å². The zero-order valence-corrected chi connectivity index (χ0v) is 28.7. The summed E-state index contributed by atoms with van der Waals surface area (Å²) in [5.41, 5.74) is 5.09. The first-order valence-electron chi connectivity index (χ1n) is 16.8. The van der Waals surface area contributed by atoms with Crippen LogP contribution in [-0.4, -0.2) is 81.9 Å². The van der Waals surface area contributed by atoms with E-state index in [0.717, 1.165) is 32.1 Å². The number of amides is 6. The van der Waals surface area contributed by atoms with Gasteiger partial charge in [-0.2, -0.15) is 0 Å². The minimum absolute atomic E-state index is 0.0226. The van der Waals surface area contributed by atoms with Crippen LogP contribution in [0.25, 0.3) is 0 Å². The molecule has 15 nitrogen and oxygen atoms in total. The molecule has 5 atom stereocenters. The molecule has 266 valence electrons. The van der Waals surface area contributed by atoms with Crippen LogP contribution in [0.3, 0.4) is 0 Å². The summed E-state index contributed by atoms with van der Waals surface area (Å²) in [7, 11) is 0. The van der Waals surface area contributed by atoms with Crippen LogP contribution in [0.5, 0.6) is 0 Å². The van der Waals surface area contributed by atoms with Crippen LogP contribution in [0, 0.1) is 17.8 Å². The van der Waals surface area contributed by atoms with Gasteiger partial charge in [0.1, 0.15) is 23.8 Å². The van der Waals surface area contributed by atoms with Gasteiger partial charge in [-0.25, -0.2) is 4.98 Å². The molecule has 0 saturated heterocycles. The first-order valence-corrected chi connectivity index (χ1v) is 16.8. The highest BCUT2D eigenvalue weighted by Crippen LogP contribution is 2.27. The number of carbonyl (C=O) groups is 7. The summed E-state index contributed by atoms with van der Waals surface area (Å²) in [6, 6.07) is -4.27. The summed E-state index contributed by atoms with van der Waals surface area (Å²) in [6.07, 6.45) is 10.1. The van der Waals surface area contributed by atoms with E-state index in [1.54, 1.807) is 13.8 Å². The number of hydrogen-bond donors (Lipinski definition) is 6. The number of hydrogen-bond acceptors (Lipinski definition) is 9. The molecule has 0 aliphatic heterocycles. The molecule has 1 saturated carbocycles. The lowest BCUT2D eigenvalue weighted by Gasteiger charge is -2.31. The van der Waals surface area contributed by atoms with Crippen LogP contribution in [-0.2, 0) is 28.8 Å². The predicted octanol–water partition coefficient (Wildman–Crippen LogP) is 0.673. The molecule has 1 aliphatic carbocycles. The minimum Gasteiger partial charge on any atom is -0.368 e. The van der Waals surface area contributed by atoms with Crippen LogP contribution in [0.4, 0.5) is 0 Å². The fourth-order valence-corrected chi connectivity index (χ4v) is 5.59. The molecule has 7 N–H and O–H groups in total. The third kappa shape index (κ3) is 13.0. The Morgan fingerprint density at radius 1 is 0.812 bits per heavy atom. The molecule has 0 bridgehead atoms. The van der Waals surface area contributed by atoms with Crippen molar-refractivity contribution in [3.05, 3.63) is 24.3 Å². The van der Waals surface area contributed by atoms with E-state index in [0.29, 0.717) is 19.3 Å². The van der Waals surface area contributed by atoms with E-state index in [1.807, 2.05) is 20.8 Å². The molecular weight excluding hydrogens is 620 g/mol. The van der Waals surface area contributed by atoms with Gasteiger partial charge in [-0.15, -0.1) is 0 Å². The van der Waals surface area contributed by atoms with Crippen molar-refractivity contribution < 1.29 is 33.6 Å². The topological polar surface area (TPSA) is 231 Å². The highest BCUT2D eigenvalue weighted by Gasteiger charge is 2.35. The van der Waals surface area contributed by atoms with Crippen molar-refractivity contribution in [1.82, 2.24) is 36.6 Å². The smallest absolute Gasteiger partial charge is 0.290 e. The zero-order valence-electron chi connectivity index (χ0n) is 28.7. The number of ketones is 1. The Bertz CT molecular complexity index is 1270. The van der Waals surface area contributed by atoms with Gasteiger partial charge in [0.2, 0.25) is 29.4 Å². The first kappa shape index (κ1) is 39.7. The summed E-state index contributed by atoms with van der Waals surface area (Å²) < 4.78 is 0. The molecule has 6 amide bonds. The van der Waals surface area contributed by atoms with Crippen molar-refractivity contribution in [3.8, 4) is 0 Å². The second kappa shape index (κ2) is 20.1. The van der Waals surface area contributed by atoms with Crippen molar-refractivity contribution in [3.63, 3.8) is 0 Å². The van der Waals surface area contributed by atoms with Gasteiger partial charge in [-0.3, -0.25) is 38.5 Å². The lowest BCUT2D eigenvalue weighted by Crippen LogP contribution is -2.60. The van der Waals surface area contributed by atoms with Crippen LogP contribution >= 0.6 is 0 Å². The van der Waals surface area contributed by atoms with Crippen LogP contribution in [0.15, 0.2) is 18.6 Å². The van der Waals surface area contributed by atoms with Crippen molar-refractivity contribution in [1.29, 1.82) is 0 Å². The second-order valence-electron chi connectivity index (χ2n) is 12.9. The Labute approximate surface area is 282 Å². The Morgan fingerprint density at radius 3 is 2.02 bits per heavy atom. The highest BCUT2D eigenvalue weighted by molar-refractivity contribution is 6.38. The van der Waals surface area contributed by atoms with Crippen LogP contribution in [0.1, 0.15) is 103 Å². The number of nitrogens with zero attached hydrogens (tertiary/aromatic N) is 2. The number of primary amides is 1. The van der Waals surface area contributed by atoms with Gasteiger partial charge in [-0.1, -0.05) is 73.1 Å². The largest absolute Gasteiger partial charge is 0.368 e. The van der Waals surface area contributed by atoms with E-state index >= 15 is 0 Å². The fraction of sp³-hybridized carbons (Fsp3) is 0.667. The summed E-state index contributed by atoms with van der Waals surface area (Å²) in [5.74, 6) is -5.38. The molecule has 15 heteroatoms. The zero-order chi connectivity index (χ0) is 35.8. The monoisotopic (exact) mass is 672 g/mol. The quantitative estimate of drug-likeness (QED) is 0.113.